The van der Waals surface area contributed by atoms with Gasteiger partial charge in [-0.3, -0.25) is 10.1 Å². The molecule has 0 saturated heterocycles. The van der Waals surface area contributed by atoms with Crippen molar-refractivity contribution in [2.75, 3.05) is 0 Å². The predicted octanol–water partition coefficient (Wildman–Crippen LogP) is 3.79. The van der Waals surface area contributed by atoms with Crippen LogP contribution in [0.5, 0.6) is 0 Å². The van der Waals surface area contributed by atoms with Crippen LogP contribution in [0.15, 0.2) is 46.9 Å². The summed E-state index contributed by atoms with van der Waals surface area (Å²) >= 11 is 3.30. The van der Waals surface area contributed by atoms with Crippen LogP contribution >= 0.6 is 15.9 Å². The van der Waals surface area contributed by atoms with Crippen molar-refractivity contribution >= 4 is 21.6 Å². The summed E-state index contributed by atoms with van der Waals surface area (Å²) in [7, 11) is 0. The third kappa shape index (κ3) is 3.85. The van der Waals surface area contributed by atoms with E-state index in [0.29, 0.717) is 17.6 Å². The van der Waals surface area contributed by atoms with Gasteiger partial charge in [0.25, 0.3) is 5.69 Å². The van der Waals surface area contributed by atoms with E-state index in [1.54, 1.807) is 18.2 Å². The smallest absolute Gasteiger partial charge is 0.269 e. The molecule has 6 heteroatoms. The van der Waals surface area contributed by atoms with Crippen LogP contribution in [0.2, 0.25) is 0 Å². The zero-order valence-electron chi connectivity index (χ0n) is 10.5. The summed E-state index contributed by atoms with van der Waals surface area (Å²) in [6.07, 6.45) is 0. The lowest BCUT2D eigenvalue weighted by Gasteiger charge is -2.07. The Morgan fingerprint density at radius 1 is 1.15 bits per heavy atom. The fraction of sp³-hybridized carbons (Fsp3) is 0.143. The molecule has 0 aliphatic heterocycles. The first-order valence-electron chi connectivity index (χ1n) is 5.94. The minimum Gasteiger partial charge on any atom is -0.309 e. The van der Waals surface area contributed by atoms with Crippen LogP contribution in [0, 0.1) is 15.9 Å². The number of nitro groups is 1. The molecule has 2 aromatic rings. The number of nitrogens with zero attached hydrogens (tertiary/aromatic N) is 1. The number of nitrogens with one attached hydrogen (secondary N) is 1. The Morgan fingerprint density at radius 3 is 2.45 bits per heavy atom. The van der Waals surface area contributed by atoms with Crippen LogP contribution in [-0.4, -0.2) is 4.92 Å². The standard InChI is InChI=1S/C14H12BrFN2O2/c15-14-7-12(16)4-3-11(14)9-17-8-10-1-5-13(6-2-10)18(19)20/h1-7,17H,8-9H2. The lowest BCUT2D eigenvalue weighted by Crippen LogP contribution is -2.13. The molecule has 0 saturated carbocycles. The van der Waals surface area contributed by atoms with E-state index in [2.05, 4.69) is 21.2 Å². The molecule has 20 heavy (non-hydrogen) atoms. The summed E-state index contributed by atoms with van der Waals surface area (Å²) in [5.41, 5.74) is 1.98. The van der Waals surface area contributed by atoms with Gasteiger partial charge in [-0.15, -0.1) is 0 Å². The number of benzene rings is 2. The molecule has 0 amide bonds. The number of hydrogen-bond donors (Lipinski definition) is 1. The van der Waals surface area contributed by atoms with E-state index >= 15 is 0 Å². The maximum Gasteiger partial charge on any atom is 0.269 e. The van der Waals surface area contributed by atoms with Crippen molar-refractivity contribution in [2.24, 2.45) is 0 Å². The Labute approximate surface area is 123 Å². The molecule has 0 fully saturated rings. The fourth-order valence-corrected chi connectivity index (χ4v) is 2.23. The number of nitro benzene ring substituents is 1. The normalized spacial score (nSPS) is 10.5. The zero-order chi connectivity index (χ0) is 14.5. The molecule has 0 spiro atoms. The van der Waals surface area contributed by atoms with E-state index in [9.17, 15) is 14.5 Å². The molecule has 0 heterocycles. The van der Waals surface area contributed by atoms with Crippen molar-refractivity contribution in [3.63, 3.8) is 0 Å². The van der Waals surface area contributed by atoms with E-state index < -0.39 is 4.92 Å². The molecular weight excluding hydrogens is 327 g/mol. The average molecular weight is 339 g/mol. The summed E-state index contributed by atoms with van der Waals surface area (Å²) in [6, 6.07) is 10.9. The van der Waals surface area contributed by atoms with E-state index in [1.807, 2.05) is 0 Å². The van der Waals surface area contributed by atoms with Gasteiger partial charge in [-0.2, -0.15) is 0 Å². The van der Waals surface area contributed by atoms with Gasteiger partial charge in [-0.05, 0) is 23.3 Å². The molecule has 2 rings (SSSR count). The molecule has 0 aliphatic rings. The second kappa shape index (κ2) is 6.58. The molecule has 0 radical (unpaired) electrons. The molecule has 0 aromatic heterocycles. The summed E-state index contributed by atoms with van der Waals surface area (Å²) in [5.74, 6) is -0.281. The maximum atomic E-state index is 12.9. The Balaban J connectivity index is 1.91. The molecular formula is C14H12BrFN2O2. The van der Waals surface area contributed by atoms with E-state index in [-0.39, 0.29) is 11.5 Å². The van der Waals surface area contributed by atoms with E-state index in [4.69, 9.17) is 0 Å². The maximum absolute atomic E-state index is 12.9. The van der Waals surface area contributed by atoms with Crippen LogP contribution in [0.4, 0.5) is 10.1 Å². The molecule has 0 aliphatic carbocycles. The third-order valence-electron chi connectivity index (χ3n) is 2.81. The minimum absolute atomic E-state index is 0.0787. The summed E-state index contributed by atoms with van der Waals surface area (Å²) in [6.45, 7) is 1.17. The monoisotopic (exact) mass is 338 g/mol. The van der Waals surface area contributed by atoms with Crippen LogP contribution in [0.3, 0.4) is 0 Å². The third-order valence-corrected chi connectivity index (χ3v) is 3.55. The Hall–Kier alpha value is -1.79. The lowest BCUT2D eigenvalue weighted by molar-refractivity contribution is -0.384. The van der Waals surface area contributed by atoms with Gasteiger partial charge in [0.2, 0.25) is 0 Å². The predicted molar refractivity (Wildman–Crippen MR) is 77.7 cm³/mol. The Kier molecular flexibility index (Phi) is 4.81. The molecule has 104 valence electrons. The average Bonchev–Trinajstić information content (AvgIpc) is 2.42. The number of rotatable bonds is 5. The van der Waals surface area contributed by atoms with Crippen molar-refractivity contribution in [1.82, 2.24) is 5.32 Å². The molecule has 0 atom stereocenters. The van der Waals surface area contributed by atoms with Gasteiger partial charge in [0.1, 0.15) is 5.82 Å². The van der Waals surface area contributed by atoms with Crippen molar-refractivity contribution in [3.8, 4) is 0 Å². The summed E-state index contributed by atoms with van der Waals surface area (Å²) in [5, 5.41) is 13.7. The first-order chi connectivity index (χ1) is 9.56. The largest absolute Gasteiger partial charge is 0.309 e. The highest BCUT2D eigenvalue weighted by atomic mass is 79.9. The molecule has 0 unspecified atom stereocenters. The van der Waals surface area contributed by atoms with Gasteiger partial charge < -0.3 is 5.32 Å². The second-order valence-electron chi connectivity index (χ2n) is 4.26. The second-order valence-corrected chi connectivity index (χ2v) is 5.12. The van der Waals surface area contributed by atoms with Gasteiger partial charge in [0.15, 0.2) is 0 Å². The highest BCUT2D eigenvalue weighted by Gasteiger charge is 2.04. The molecule has 2 aromatic carbocycles. The van der Waals surface area contributed by atoms with Crippen LogP contribution in [0.1, 0.15) is 11.1 Å². The van der Waals surface area contributed by atoms with Crippen LogP contribution in [0.25, 0.3) is 0 Å². The quantitative estimate of drug-likeness (QED) is 0.666. The van der Waals surface area contributed by atoms with Gasteiger partial charge in [0.05, 0.1) is 4.92 Å². The van der Waals surface area contributed by atoms with Gasteiger partial charge in [-0.25, -0.2) is 4.39 Å². The van der Waals surface area contributed by atoms with Crippen molar-refractivity contribution in [1.29, 1.82) is 0 Å². The van der Waals surface area contributed by atoms with E-state index in [0.717, 1.165) is 11.1 Å². The SMILES string of the molecule is O=[N+]([O-])c1ccc(CNCc2ccc(F)cc2Br)cc1. The zero-order valence-corrected chi connectivity index (χ0v) is 12.1. The topological polar surface area (TPSA) is 55.2 Å². The number of non-ortho nitro benzene ring substituents is 1. The Morgan fingerprint density at radius 2 is 1.85 bits per heavy atom. The highest BCUT2D eigenvalue weighted by Crippen LogP contribution is 2.18. The van der Waals surface area contributed by atoms with E-state index in [1.165, 1.54) is 24.3 Å². The van der Waals surface area contributed by atoms with Crippen LogP contribution in [-0.2, 0) is 13.1 Å². The molecule has 1 N–H and O–H groups in total. The van der Waals surface area contributed by atoms with Crippen molar-refractivity contribution in [2.45, 2.75) is 13.1 Å². The number of hydrogen-bond acceptors (Lipinski definition) is 3. The van der Waals surface area contributed by atoms with Crippen LogP contribution < -0.4 is 5.32 Å². The molecule has 4 nitrogen and oxygen atoms in total. The first-order valence-corrected chi connectivity index (χ1v) is 6.73. The van der Waals surface area contributed by atoms with Gasteiger partial charge in [0, 0.05) is 29.7 Å². The number of halogens is 2. The summed E-state index contributed by atoms with van der Waals surface area (Å²) < 4.78 is 13.6. The summed E-state index contributed by atoms with van der Waals surface area (Å²) in [4.78, 5) is 10.1. The lowest BCUT2D eigenvalue weighted by atomic mass is 10.2. The Bertz CT molecular complexity index is 617. The highest BCUT2D eigenvalue weighted by molar-refractivity contribution is 9.10. The fourth-order valence-electron chi connectivity index (χ4n) is 1.74. The first kappa shape index (κ1) is 14.6. The minimum atomic E-state index is -0.424. The van der Waals surface area contributed by atoms with Gasteiger partial charge >= 0.3 is 0 Å². The van der Waals surface area contributed by atoms with Gasteiger partial charge in [-0.1, -0.05) is 34.1 Å². The molecule has 0 bridgehead atoms. The van der Waals surface area contributed by atoms with Crippen molar-refractivity contribution in [3.05, 3.63) is 74.0 Å². The van der Waals surface area contributed by atoms with Crippen molar-refractivity contribution < 1.29 is 9.31 Å².